The van der Waals surface area contributed by atoms with Gasteiger partial charge in [-0.3, -0.25) is 0 Å². The van der Waals surface area contributed by atoms with Crippen molar-refractivity contribution in [2.24, 2.45) is 5.73 Å². The van der Waals surface area contributed by atoms with Crippen LogP contribution in [0.1, 0.15) is 11.6 Å². The normalized spacial score (nSPS) is 18.5. The molecule has 1 fully saturated rings. The van der Waals surface area contributed by atoms with Gasteiger partial charge in [0, 0.05) is 0 Å². The van der Waals surface area contributed by atoms with Gasteiger partial charge in [0.25, 0.3) is 0 Å². The summed E-state index contributed by atoms with van der Waals surface area (Å²) < 4.78 is 23.3. The van der Waals surface area contributed by atoms with Gasteiger partial charge in [0.05, 0.1) is 25.9 Å². The van der Waals surface area contributed by atoms with E-state index in [1.54, 1.807) is 12.1 Å². The van der Waals surface area contributed by atoms with Gasteiger partial charge in [-0.25, -0.2) is 4.39 Å². The molecule has 2 N–H and O–H groups in total. The fraction of sp³-hybridized carbons (Fsp3) is 0.455. The highest BCUT2D eigenvalue weighted by atomic mass is 19.1. The molecule has 0 spiro atoms. The molecule has 82 valence electrons. The van der Waals surface area contributed by atoms with Gasteiger partial charge in [-0.15, -0.1) is 0 Å². The highest BCUT2D eigenvalue weighted by Gasteiger charge is 2.20. The van der Waals surface area contributed by atoms with Gasteiger partial charge < -0.3 is 15.2 Å². The van der Waals surface area contributed by atoms with Crippen LogP contribution in [0.25, 0.3) is 0 Å². The summed E-state index contributed by atoms with van der Waals surface area (Å²) in [4.78, 5) is 0. The zero-order valence-corrected chi connectivity index (χ0v) is 8.36. The van der Waals surface area contributed by atoms with Crippen LogP contribution in [-0.2, 0) is 9.47 Å². The van der Waals surface area contributed by atoms with Crippen LogP contribution in [0.4, 0.5) is 4.39 Å². The lowest BCUT2D eigenvalue weighted by atomic mass is 10.1. The van der Waals surface area contributed by atoms with Crippen LogP contribution in [0.15, 0.2) is 24.3 Å². The van der Waals surface area contributed by atoms with Crippen molar-refractivity contribution in [3.05, 3.63) is 35.6 Å². The Hall–Kier alpha value is -0.970. The molecule has 0 aliphatic carbocycles. The first-order valence-electron chi connectivity index (χ1n) is 4.96. The Bertz CT molecular complexity index is 328. The monoisotopic (exact) mass is 211 g/mol. The smallest absolute Gasteiger partial charge is 0.123 e. The molecule has 1 saturated heterocycles. The Kier molecular flexibility index (Phi) is 3.30. The molecule has 0 aromatic heterocycles. The Morgan fingerprint density at radius 1 is 1.53 bits per heavy atom. The number of hydrogen-bond donors (Lipinski definition) is 1. The van der Waals surface area contributed by atoms with Crippen LogP contribution in [-0.4, -0.2) is 25.9 Å². The number of nitrogens with two attached hydrogens (primary N) is 1. The molecule has 15 heavy (non-hydrogen) atoms. The van der Waals surface area contributed by atoms with Crippen molar-refractivity contribution < 1.29 is 13.9 Å². The summed E-state index contributed by atoms with van der Waals surface area (Å²) in [7, 11) is 0. The Labute approximate surface area is 88.0 Å². The predicted octanol–water partition coefficient (Wildman–Crippen LogP) is 1.24. The van der Waals surface area contributed by atoms with Gasteiger partial charge in [0.15, 0.2) is 0 Å². The SMILES string of the molecule is NC(COC1COC1)c1cccc(F)c1. The van der Waals surface area contributed by atoms with E-state index < -0.39 is 0 Å². The Balaban J connectivity index is 1.86. The molecular weight excluding hydrogens is 197 g/mol. The van der Waals surface area contributed by atoms with E-state index >= 15 is 0 Å². The molecule has 1 atom stereocenters. The summed E-state index contributed by atoms with van der Waals surface area (Å²) >= 11 is 0. The third-order valence-electron chi connectivity index (χ3n) is 2.40. The Morgan fingerprint density at radius 3 is 2.93 bits per heavy atom. The summed E-state index contributed by atoms with van der Waals surface area (Å²) in [6, 6.07) is 6.01. The summed E-state index contributed by atoms with van der Waals surface area (Å²) in [5, 5.41) is 0. The van der Waals surface area contributed by atoms with Crippen molar-refractivity contribution >= 4 is 0 Å². The van der Waals surface area contributed by atoms with Gasteiger partial charge >= 0.3 is 0 Å². The molecule has 4 heteroatoms. The van der Waals surface area contributed by atoms with Crippen molar-refractivity contribution in [1.82, 2.24) is 0 Å². The topological polar surface area (TPSA) is 44.5 Å². The fourth-order valence-electron chi connectivity index (χ4n) is 1.38. The molecule has 1 aromatic carbocycles. The number of rotatable bonds is 4. The molecule has 1 heterocycles. The van der Waals surface area contributed by atoms with Crippen LogP contribution in [0.3, 0.4) is 0 Å². The largest absolute Gasteiger partial charge is 0.376 e. The van der Waals surface area contributed by atoms with Crippen LogP contribution in [0.5, 0.6) is 0 Å². The molecule has 0 bridgehead atoms. The molecule has 1 aliphatic heterocycles. The van der Waals surface area contributed by atoms with E-state index in [-0.39, 0.29) is 18.0 Å². The van der Waals surface area contributed by atoms with E-state index in [0.29, 0.717) is 19.8 Å². The summed E-state index contributed by atoms with van der Waals surface area (Å²) in [6.45, 7) is 1.67. The average molecular weight is 211 g/mol. The van der Waals surface area contributed by atoms with E-state index in [1.807, 2.05) is 0 Å². The van der Waals surface area contributed by atoms with Crippen molar-refractivity contribution in [3.8, 4) is 0 Å². The standard InChI is InChI=1S/C11H14FNO2/c12-9-3-1-2-8(4-9)11(13)7-15-10-5-14-6-10/h1-4,10-11H,5-7,13H2. The van der Waals surface area contributed by atoms with E-state index in [0.717, 1.165) is 5.56 Å². The van der Waals surface area contributed by atoms with Crippen molar-refractivity contribution in [2.75, 3.05) is 19.8 Å². The molecule has 0 amide bonds. The predicted molar refractivity (Wildman–Crippen MR) is 53.9 cm³/mol. The molecular formula is C11H14FNO2. The average Bonchev–Trinajstić information content (AvgIpc) is 2.15. The second kappa shape index (κ2) is 4.70. The van der Waals surface area contributed by atoms with Gasteiger partial charge in [0.1, 0.15) is 11.9 Å². The minimum atomic E-state index is -0.277. The second-order valence-corrected chi connectivity index (χ2v) is 3.65. The van der Waals surface area contributed by atoms with Crippen molar-refractivity contribution in [3.63, 3.8) is 0 Å². The lowest BCUT2D eigenvalue weighted by Gasteiger charge is -2.27. The molecule has 0 radical (unpaired) electrons. The zero-order valence-electron chi connectivity index (χ0n) is 8.36. The fourth-order valence-corrected chi connectivity index (χ4v) is 1.38. The maximum absolute atomic E-state index is 12.9. The number of benzene rings is 1. The summed E-state index contributed by atoms with van der Waals surface area (Å²) in [5.41, 5.74) is 6.62. The second-order valence-electron chi connectivity index (χ2n) is 3.65. The molecule has 0 saturated carbocycles. The minimum Gasteiger partial charge on any atom is -0.376 e. The number of ether oxygens (including phenoxy) is 2. The van der Waals surface area contributed by atoms with Crippen molar-refractivity contribution in [1.29, 1.82) is 0 Å². The lowest BCUT2D eigenvalue weighted by Crippen LogP contribution is -2.37. The quantitative estimate of drug-likeness (QED) is 0.815. The van der Waals surface area contributed by atoms with Crippen molar-refractivity contribution in [2.45, 2.75) is 12.1 Å². The molecule has 2 rings (SSSR count). The number of halogens is 1. The van der Waals surface area contributed by atoms with E-state index in [2.05, 4.69) is 0 Å². The zero-order chi connectivity index (χ0) is 10.7. The van der Waals surface area contributed by atoms with E-state index in [4.69, 9.17) is 15.2 Å². The first kappa shape index (κ1) is 10.5. The maximum Gasteiger partial charge on any atom is 0.123 e. The first-order chi connectivity index (χ1) is 7.25. The third kappa shape index (κ3) is 2.75. The third-order valence-corrected chi connectivity index (χ3v) is 2.40. The van der Waals surface area contributed by atoms with Gasteiger partial charge in [-0.1, -0.05) is 12.1 Å². The highest BCUT2D eigenvalue weighted by Crippen LogP contribution is 2.14. The van der Waals surface area contributed by atoms with E-state index in [1.165, 1.54) is 12.1 Å². The van der Waals surface area contributed by atoms with Crippen LogP contribution < -0.4 is 5.73 Å². The Morgan fingerprint density at radius 2 is 2.33 bits per heavy atom. The number of hydrogen-bond acceptors (Lipinski definition) is 3. The first-order valence-corrected chi connectivity index (χ1v) is 4.96. The minimum absolute atomic E-state index is 0.157. The molecule has 1 unspecified atom stereocenters. The highest BCUT2D eigenvalue weighted by molar-refractivity contribution is 5.19. The summed E-state index contributed by atoms with van der Waals surface area (Å²) in [6.07, 6.45) is 0.157. The van der Waals surface area contributed by atoms with Crippen LogP contribution >= 0.6 is 0 Å². The van der Waals surface area contributed by atoms with E-state index in [9.17, 15) is 4.39 Å². The lowest BCUT2D eigenvalue weighted by molar-refractivity contribution is -0.131. The van der Waals surface area contributed by atoms with Gasteiger partial charge in [0.2, 0.25) is 0 Å². The van der Waals surface area contributed by atoms with Gasteiger partial charge in [-0.2, -0.15) is 0 Å². The van der Waals surface area contributed by atoms with Crippen LogP contribution in [0.2, 0.25) is 0 Å². The summed E-state index contributed by atoms with van der Waals surface area (Å²) in [5.74, 6) is -0.269. The van der Waals surface area contributed by atoms with Crippen LogP contribution in [0, 0.1) is 5.82 Å². The molecule has 1 aromatic rings. The van der Waals surface area contributed by atoms with Gasteiger partial charge in [-0.05, 0) is 17.7 Å². The molecule has 3 nitrogen and oxygen atoms in total. The maximum atomic E-state index is 12.9. The molecule has 1 aliphatic rings.